The summed E-state index contributed by atoms with van der Waals surface area (Å²) in [7, 11) is 3.69. The zero-order valence-corrected chi connectivity index (χ0v) is 18.4. The summed E-state index contributed by atoms with van der Waals surface area (Å²) in [6.07, 6.45) is 1.28. The lowest BCUT2D eigenvalue weighted by Crippen LogP contribution is -2.15. The molecule has 2 aromatic heterocycles. The number of hydrogen-bond acceptors (Lipinski definition) is 8. The van der Waals surface area contributed by atoms with Gasteiger partial charge in [-0.3, -0.25) is 4.79 Å². The third-order valence-electron chi connectivity index (χ3n) is 4.81. The van der Waals surface area contributed by atoms with Crippen molar-refractivity contribution >= 4 is 39.5 Å². The Morgan fingerprint density at radius 3 is 2.29 bits per heavy atom. The molecule has 0 aliphatic rings. The Bertz CT molecular complexity index is 1210. The van der Waals surface area contributed by atoms with E-state index in [9.17, 15) is 14.4 Å². The van der Waals surface area contributed by atoms with Crippen LogP contribution in [-0.2, 0) is 15.9 Å². The lowest BCUT2D eigenvalue weighted by molar-refractivity contribution is 0.0488. The lowest BCUT2D eigenvalue weighted by atomic mass is 9.99. The van der Waals surface area contributed by atoms with Crippen LogP contribution < -0.4 is 10.3 Å². The number of hydrogen-bond donors (Lipinski definition) is 0. The van der Waals surface area contributed by atoms with E-state index < -0.39 is 11.9 Å². The molecule has 2 heterocycles. The van der Waals surface area contributed by atoms with Crippen molar-refractivity contribution in [1.29, 1.82) is 0 Å². The number of carbonyl (C=O) groups excluding carboxylic acids is 2. The number of esters is 2. The van der Waals surface area contributed by atoms with Gasteiger partial charge in [-0.25, -0.2) is 14.6 Å². The Morgan fingerprint density at radius 1 is 1.00 bits per heavy atom. The van der Waals surface area contributed by atoms with Crippen molar-refractivity contribution in [3.63, 3.8) is 0 Å². The van der Waals surface area contributed by atoms with Crippen LogP contribution in [0.3, 0.4) is 0 Å². The maximum atomic E-state index is 12.9. The molecular weight excluding hydrogens is 400 g/mol. The molecule has 0 saturated carbocycles. The second-order valence-electron chi connectivity index (χ2n) is 7.21. The normalized spacial score (nSPS) is 11.0. The molecule has 31 heavy (non-hydrogen) atoms. The number of carbonyl (C=O) groups is 2. The molecule has 0 bridgehead atoms. The zero-order chi connectivity index (χ0) is 22.7. The Kier molecular flexibility index (Phi) is 6.58. The third-order valence-corrected chi connectivity index (χ3v) is 4.81. The Balaban J connectivity index is 2.44. The highest BCUT2D eigenvalue weighted by molar-refractivity contribution is 6.06. The molecular formula is C23H26N2O6. The zero-order valence-electron chi connectivity index (χ0n) is 18.4. The molecule has 0 aliphatic carbocycles. The second-order valence-corrected chi connectivity index (χ2v) is 7.21. The van der Waals surface area contributed by atoms with Gasteiger partial charge in [-0.2, -0.15) is 0 Å². The number of anilines is 1. The smallest absolute Gasteiger partial charge is 0.374 e. The monoisotopic (exact) mass is 426 g/mol. The molecule has 0 unspecified atom stereocenters. The first kappa shape index (κ1) is 22.3. The minimum Gasteiger partial charge on any atom is -0.461 e. The van der Waals surface area contributed by atoms with Crippen LogP contribution in [0.1, 0.15) is 53.8 Å². The van der Waals surface area contributed by atoms with E-state index in [0.717, 1.165) is 18.2 Å². The largest absolute Gasteiger partial charge is 0.461 e. The number of nitrogens with zero attached hydrogens (tertiary/aromatic N) is 2. The summed E-state index contributed by atoms with van der Waals surface area (Å²) in [5.41, 5.74) is 2.02. The SMILES string of the molecule is CCCc1c2nc(C(=O)OCC)cc(N(C)C)c2cc2c(=O)cc(C(=O)OCC)oc12. The van der Waals surface area contributed by atoms with E-state index in [1.54, 1.807) is 26.0 Å². The van der Waals surface area contributed by atoms with Crippen molar-refractivity contribution in [3.8, 4) is 0 Å². The summed E-state index contributed by atoms with van der Waals surface area (Å²) in [6, 6.07) is 4.50. The standard InChI is InChI=1S/C23H26N2O6/c1-6-9-13-20-14(17(25(4)5)11-16(24-20)22(27)29-7-2)10-15-18(26)12-19(31-21(13)15)23(28)30-8-3/h10-12H,6-9H2,1-5H3. The highest BCUT2D eigenvalue weighted by Gasteiger charge is 2.22. The quantitative estimate of drug-likeness (QED) is 0.416. The fourth-order valence-corrected chi connectivity index (χ4v) is 3.49. The van der Waals surface area contributed by atoms with E-state index in [1.807, 2.05) is 25.9 Å². The molecule has 164 valence electrons. The molecule has 0 fully saturated rings. The molecule has 1 aromatic carbocycles. The molecule has 0 amide bonds. The van der Waals surface area contributed by atoms with Crippen LogP contribution in [0.15, 0.2) is 27.4 Å². The number of ether oxygens (including phenoxy) is 2. The number of fused-ring (bicyclic) bond motifs is 2. The molecule has 8 nitrogen and oxygen atoms in total. The predicted molar refractivity (Wildman–Crippen MR) is 118 cm³/mol. The number of benzene rings is 1. The van der Waals surface area contributed by atoms with Crippen LogP contribution in [0.4, 0.5) is 5.69 Å². The van der Waals surface area contributed by atoms with Crippen LogP contribution in [-0.4, -0.2) is 44.2 Å². The van der Waals surface area contributed by atoms with E-state index in [2.05, 4.69) is 4.98 Å². The van der Waals surface area contributed by atoms with E-state index in [0.29, 0.717) is 28.3 Å². The summed E-state index contributed by atoms with van der Waals surface area (Å²) in [5.74, 6) is -1.39. The van der Waals surface area contributed by atoms with Crippen molar-refractivity contribution in [3.05, 3.63) is 45.4 Å². The van der Waals surface area contributed by atoms with Gasteiger partial charge in [-0.05, 0) is 32.4 Å². The second kappa shape index (κ2) is 9.16. The molecule has 0 saturated heterocycles. The van der Waals surface area contributed by atoms with Gasteiger partial charge in [-0.1, -0.05) is 13.3 Å². The lowest BCUT2D eigenvalue weighted by Gasteiger charge is -2.19. The van der Waals surface area contributed by atoms with Crippen LogP contribution in [0.5, 0.6) is 0 Å². The first-order valence-corrected chi connectivity index (χ1v) is 10.3. The van der Waals surface area contributed by atoms with E-state index in [1.165, 1.54) is 0 Å². The van der Waals surface area contributed by atoms with Gasteiger partial charge in [0, 0.05) is 36.8 Å². The topological polar surface area (TPSA) is 98.9 Å². The molecule has 0 aliphatic heterocycles. The molecule has 0 atom stereocenters. The molecule has 0 spiro atoms. The van der Waals surface area contributed by atoms with Gasteiger partial charge >= 0.3 is 11.9 Å². The van der Waals surface area contributed by atoms with E-state index >= 15 is 0 Å². The van der Waals surface area contributed by atoms with E-state index in [-0.39, 0.29) is 35.7 Å². The van der Waals surface area contributed by atoms with Gasteiger partial charge in [0.25, 0.3) is 0 Å². The van der Waals surface area contributed by atoms with Gasteiger partial charge < -0.3 is 18.8 Å². The highest BCUT2D eigenvalue weighted by atomic mass is 16.5. The van der Waals surface area contributed by atoms with Gasteiger partial charge in [-0.15, -0.1) is 0 Å². The van der Waals surface area contributed by atoms with Gasteiger partial charge in [0.05, 0.1) is 24.1 Å². The van der Waals surface area contributed by atoms with E-state index in [4.69, 9.17) is 13.9 Å². The third kappa shape index (κ3) is 4.23. The van der Waals surface area contributed by atoms with Crippen LogP contribution in [0.2, 0.25) is 0 Å². The number of aromatic nitrogens is 1. The Morgan fingerprint density at radius 2 is 1.68 bits per heavy atom. The van der Waals surface area contributed by atoms with Crippen LogP contribution in [0.25, 0.3) is 21.9 Å². The summed E-state index contributed by atoms with van der Waals surface area (Å²) < 4.78 is 16.0. The maximum absolute atomic E-state index is 12.9. The van der Waals surface area contributed by atoms with Crippen LogP contribution in [0, 0.1) is 0 Å². The van der Waals surface area contributed by atoms with Crippen molar-refractivity contribution in [2.45, 2.75) is 33.6 Å². The van der Waals surface area contributed by atoms with Gasteiger partial charge in [0.2, 0.25) is 5.76 Å². The van der Waals surface area contributed by atoms with Crippen LogP contribution >= 0.6 is 0 Å². The van der Waals surface area contributed by atoms with Crippen molar-refractivity contribution in [2.24, 2.45) is 0 Å². The summed E-state index contributed by atoms with van der Waals surface area (Å²) in [4.78, 5) is 43.9. The summed E-state index contributed by atoms with van der Waals surface area (Å²) >= 11 is 0. The predicted octanol–water partition coefficient (Wildman–Crippen LogP) is 3.71. The Hall–Kier alpha value is -3.42. The van der Waals surface area contributed by atoms with Crippen molar-refractivity contribution in [1.82, 2.24) is 4.98 Å². The van der Waals surface area contributed by atoms with Gasteiger partial charge in [0.1, 0.15) is 5.58 Å². The molecule has 8 heteroatoms. The summed E-state index contributed by atoms with van der Waals surface area (Å²) in [5, 5.41) is 1.06. The first-order chi connectivity index (χ1) is 14.8. The number of rotatable bonds is 7. The fourth-order valence-electron chi connectivity index (χ4n) is 3.49. The summed E-state index contributed by atoms with van der Waals surface area (Å²) in [6.45, 7) is 5.79. The fraction of sp³-hybridized carbons (Fsp3) is 0.391. The average molecular weight is 426 g/mol. The molecule has 0 N–H and O–H groups in total. The molecule has 3 aromatic rings. The first-order valence-electron chi connectivity index (χ1n) is 10.3. The average Bonchev–Trinajstić information content (AvgIpc) is 2.73. The molecule has 3 rings (SSSR count). The molecule has 0 radical (unpaired) electrons. The minimum absolute atomic E-state index is 0.162. The maximum Gasteiger partial charge on any atom is 0.374 e. The van der Waals surface area contributed by atoms with Gasteiger partial charge in [0.15, 0.2) is 11.1 Å². The highest BCUT2D eigenvalue weighted by Crippen LogP contribution is 2.34. The minimum atomic E-state index is -0.703. The Labute approximate surface area is 179 Å². The number of pyridine rings is 1. The van der Waals surface area contributed by atoms with Crippen molar-refractivity contribution in [2.75, 3.05) is 32.2 Å². The van der Waals surface area contributed by atoms with Crippen molar-refractivity contribution < 1.29 is 23.5 Å². The number of aryl methyl sites for hydroxylation is 1.